The highest BCUT2D eigenvalue weighted by Crippen LogP contribution is 2.28. The highest BCUT2D eigenvalue weighted by molar-refractivity contribution is 5.94. The van der Waals surface area contributed by atoms with E-state index in [9.17, 15) is 4.79 Å². The van der Waals surface area contributed by atoms with Gasteiger partial charge in [0.2, 0.25) is 0 Å². The van der Waals surface area contributed by atoms with Gasteiger partial charge in [0.15, 0.2) is 0 Å². The van der Waals surface area contributed by atoms with Crippen molar-refractivity contribution in [3.63, 3.8) is 0 Å². The summed E-state index contributed by atoms with van der Waals surface area (Å²) in [4.78, 5) is 23.2. The number of rotatable bonds is 6. The molecule has 5 nitrogen and oxygen atoms in total. The number of carbonyl (C=O) groups excluding carboxylic acids is 1. The Bertz CT molecular complexity index is 783. The lowest BCUT2D eigenvalue weighted by atomic mass is 9.88. The van der Waals surface area contributed by atoms with E-state index < -0.39 is 0 Å². The third-order valence-corrected chi connectivity index (χ3v) is 9.52. The van der Waals surface area contributed by atoms with Crippen LogP contribution in [0.2, 0.25) is 0 Å². The van der Waals surface area contributed by atoms with Gasteiger partial charge in [-0.05, 0) is 94.6 Å². The average Bonchev–Trinajstić information content (AvgIpc) is 2.94. The van der Waals surface area contributed by atoms with E-state index in [4.69, 9.17) is 0 Å². The van der Waals surface area contributed by atoms with Gasteiger partial charge < -0.3 is 19.6 Å². The minimum Gasteiger partial charge on any atom is -0.371 e. The lowest BCUT2D eigenvalue weighted by Crippen LogP contribution is -2.47. The van der Waals surface area contributed by atoms with Crippen LogP contribution in [0.15, 0.2) is 24.3 Å². The van der Waals surface area contributed by atoms with Crippen LogP contribution >= 0.6 is 0 Å². The molecular weight excluding hydrogens is 432 g/mol. The minimum absolute atomic E-state index is 0.186. The summed E-state index contributed by atoms with van der Waals surface area (Å²) in [6.45, 7) is 8.43. The molecule has 194 valence electrons. The van der Waals surface area contributed by atoms with Crippen LogP contribution in [0.1, 0.15) is 87.4 Å². The summed E-state index contributed by atoms with van der Waals surface area (Å²) >= 11 is 0. The van der Waals surface area contributed by atoms with Crippen molar-refractivity contribution in [3.05, 3.63) is 29.8 Å². The maximum Gasteiger partial charge on any atom is 0.253 e. The van der Waals surface area contributed by atoms with E-state index in [-0.39, 0.29) is 5.91 Å². The summed E-state index contributed by atoms with van der Waals surface area (Å²) in [5, 5.41) is 0. The highest BCUT2D eigenvalue weighted by Gasteiger charge is 2.28. The Kier molecular flexibility index (Phi) is 8.67. The van der Waals surface area contributed by atoms with Gasteiger partial charge in [-0.15, -0.1) is 0 Å². The molecule has 1 aliphatic carbocycles. The third kappa shape index (κ3) is 6.40. The number of anilines is 1. The molecule has 0 N–H and O–H groups in total. The molecule has 4 aliphatic rings. The van der Waals surface area contributed by atoms with Crippen LogP contribution in [0, 0.1) is 5.92 Å². The topological polar surface area (TPSA) is 30.0 Å². The number of hydrogen-bond acceptors (Lipinski definition) is 4. The molecule has 5 heteroatoms. The maximum atomic E-state index is 13.2. The third-order valence-electron chi connectivity index (χ3n) is 9.52. The predicted molar refractivity (Wildman–Crippen MR) is 145 cm³/mol. The molecule has 0 unspecified atom stereocenters. The zero-order valence-electron chi connectivity index (χ0n) is 22.2. The van der Waals surface area contributed by atoms with Crippen molar-refractivity contribution < 1.29 is 4.79 Å². The Hall–Kier alpha value is -1.59. The molecule has 0 radical (unpaired) electrons. The van der Waals surface area contributed by atoms with Crippen LogP contribution < -0.4 is 4.90 Å². The largest absolute Gasteiger partial charge is 0.371 e. The van der Waals surface area contributed by atoms with Crippen LogP contribution in [-0.2, 0) is 0 Å². The molecule has 1 saturated carbocycles. The van der Waals surface area contributed by atoms with Gasteiger partial charge in [0.05, 0.1) is 0 Å². The smallest absolute Gasteiger partial charge is 0.253 e. The van der Waals surface area contributed by atoms with Crippen LogP contribution in [0.4, 0.5) is 5.69 Å². The van der Waals surface area contributed by atoms with E-state index in [1.165, 1.54) is 89.5 Å². The standard InChI is InChI=1S/C30H48N4O/c1-31(27-14-20-32(21-15-27)24-25-8-4-2-5-9-25)30(35)26-10-12-28(13-11-26)34-22-16-29(17-23-34)33-18-6-3-7-19-33/h10-13,25,27,29H,2-9,14-24H2,1H3. The van der Waals surface area contributed by atoms with Crippen molar-refractivity contribution in [1.29, 1.82) is 0 Å². The van der Waals surface area contributed by atoms with Crippen molar-refractivity contribution in [2.75, 3.05) is 57.8 Å². The molecule has 1 aromatic rings. The summed E-state index contributed by atoms with van der Waals surface area (Å²) < 4.78 is 0. The molecule has 1 amide bonds. The summed E-state index contributed by atoms with van der Waals surface area (Å²) in [6.07, 6.45) is 16.0. The van der Waals surface area contributed by atoms with Gasteiger partial charge >= 0.3 is 0 Å². The first-order valence-corrected chi connectivity index (χ1v) is 14.8. The fourth-order valence-corrected chi connectivity index (χ4v) is 7.18. The van der Waals surface area contributed by atoms with Gasteiger partial charge in [-0.1, -0.05) is 25.7 Å². The number of hydrogen-bond donors (Lipinski definition) is 0. The van der Waals surface area contributed by atoms with Crippen LogP contribution in [0.3, 0.4) is 0 Å². The van der Waals surface area contributed by atoms with Crippen LogP contribution in [0.5, 0.6) is 0 Å². The fraction of sp³-hybridized carbons (Fsp3) is 0.767. The number of amides is 1. The Morgan fingerprint density at radius 1 is 0.771 bits per heavy atom. The molecule has 3 saturated heterocycles. The van der Waals surface area contributed by atoms with Gasteiger partial charge in [0.1, 0.15) is 0 Å². The van der Waals surface area contributed by atoms with Crippen molar-refractivity contribution in [3.8, 4) is 0 Å². The first-order chi connectivity index (χ1) is 17.2. The molecule has 35 heavy (non-hydrogen) atoms. The Labute approximate surface area is 213 Å². The van der Waals surface area contributed by atoms with Gasteiger partial charge in [0, 0.05) is 63.1 Å². The van der Waals surface area contributed by atoms with Gasteiger partial charge in [-0.3, -0.25) is 4.79 Å². The Morgan fingerprint density at radius 3 is 2.06 bits per heavy atom. The minimum atomic E-state index is 0.186. The first-order valence-electron chi connectivity index (χ1n) is 14.8. The molecule has 0 atom stereocenters. The average molecular weight is 481 g/mol. The normalized spacial score (nSPS) is 24.5. The second kappa shape index (κ2) is 12.1. The zero-order valence-corrected chi connectivity index (χ0v) is 22.2. The van der Waals surface area contributed by atoms with E-state index >= 15 is 0 Å². The molecule has 0 spiro atoms. The second-order valence-corrected chi connectivity index (χ2v) is 11.8. The van der Waals surface area contributed by atoms with E-state index in [0.717, 1.165) is 56.5 Å². The fourth-order valence-electron chi connectivity index (χ4n) is 7.18. The van der Waals surface area contributed by atoms with Crippen LogP contribution in [0.25, 0.3) is 0 Å². The van der Waals surface area contributed by atoms with Crippen molar-refractivity contribution in [2.24, 2.45) is 5.92 Å². The van der Waals surface area contributed by atoms with E-state index in [1.807, 2.05) is 11.9 Å². The monoisotopic (exact) mass is 480 g/mol. The number of carbonyl (C=O) groups is 1. The molecule has 1 aromatic carbocycles. The lowest BCUT2D eigenvalue weighted by molar-refractivity contribution is 0.0621. The maximum absolute atomic E-state index is 13.2. The van der Waals surface area contributed by atoms with E-state index in [1.54, 1.807) is 0 Å². The first kappa shape index (κ1) is 25.1. The molecule has 3 heterocycles. The molecule has 5 rings (SSSR count). The van der Waals surface area contributed by atoms with Crippen molar-refractivity contribution in [2.45, 2.75) is 89.1 Å². The van der Waals surface area contributed by atoms with Gasteiger partial charge in [0.25, 0.3) is 5.91 Å². The molecule has 0 bridgehead atoms. The molecule has 0 aromatic heterocycles. The second-order valence-electron chi connectivity index (χ2n) is 11.8. The summed E-state index contributed by atoms with van der Waals surface area (Å²) in [6, 6.07) is 9.62. The highest BCUT2D eigenvalue weighted by atomic mass is 16.2. The lowest BCUT2D eigenvalue weighted by Gasteiger charge is -2.41. The SMILES string of the molecule is CN(C(=O)c1ccc(N2CCC(N3CCCCC3)CC2)cc1)C1CCN(CC2CCCCC2)CC1. The van der Waals surface area contributed by atoms with Crippen LogP contribution in [-0.4, -0.2) is 85.6 Å². The van der Waals surface area contributed by atoms with E-state index in [0.29, 0.717) is 6.04 Å². The number of benzene rings is 1. The summed E-state index contributed by atoms with van der Waals surface area (Å²) in [5.41, 5.74) is 2.11. The summed E-state index contributed by atoms with van der Waals surface area (Å²) in [5.74, 6) is 1.10. The number of nitrogens with zero attached hydrogens (tertiary/aromatic N) is 4. The Balaban J connectivity index is 1.07. The quantitative estimate of drug-likeness (QED) is 0.556. The predicted octanol–water partition coefficient (Wildman–Crippen LogP) is 5.26. The molecular formula is C30H48N4O. The van der Waals surface area contributed by atoms with Gasteiger partial charge in [-0.2, -0.15) is 0 Å². The number of likely N-dealkylation sites (tertiary alicyclic amines) is 2. The number of piperidine rings is 3. The molecule has 4 fully saturated rings. The molecule has 3 aliphatic heterocycles. The zero-order chi connectivity index (χ0) is 24.0. The van der Waals surface area contributed by atoms with Gasteiger partial charge in [-0.25, -0.2) is 0 Å². The Morgan fingerprint density at radius 2 is 1.40 bits per heavy atom. The van der Waals surface area contributed by atoms with Crippen molar-refractivity contribution >= 4 is 11.6 Å². The van der Waals surface area contributed by atoms with Crippen molar-refractivity contribution in [1.82, 2.24) is 14.7 Å². The van der Waals surface area contributed by atoms with E-state index in [2.05, 4.69) is 39.0 Å². The summed E-state index contributed by atoms with van der Waals surface area (Å²) in [7, 11) is 2.02.